The quantitative estimate of drug-likeness (QED) is 0.911. The largest absolute Gasteiger partial charge is 0.360 e. The van der Waals surface area contributed by atoms with Crippen LogP contribution < -0.4 is 5.32 Å². The Morgan fingerprint density at radius 1 is 1.44 bits per heavy atom. The molecule has 86 valence electrons. The Labute approximate surface area is 104 Å². The summed E-state index contributed by atoms with van der Waals surface area (Å²) in [6.45, 7) is 1.90. The third-order valence-corrected chi connectivity index (χ3v) is 3.40. The average molecular weight is 256 g/mol. The second-order valence-electron chi connectivity index (χ2n) is 3.86. The zero-order chi connectivity index (χ0) is 11.5. The smallest absolute Gasteiger partial charge is 0.183 e. The first-order chi connectivity index (χ1) is 7.65. The minimum Gasteiger partial charge on any atom is -0.360 e. The number of fused-ring (bicyclic) bond motifs is 1. The highest BCUT2D eigenvalue weighted by atomic mass is 35.5. The van der Waals surface area contributed by atoms with E-state index in [0.717, 1.165) is 33.5 Å². The van der Waals surface area contributed by atoms with Gasteiger partial charge in [0, 0.05) is 18.1 Å². The average Bonchev–Trinajstić information content (AvgIpc) is 2.58. The van der Waals surface area contributed by atoms with Gasteiger partial charge in [-0.15, -0.1) is 0 Å². The molecule has 1 aromatic heterocycles. The summed E-state index contributed by atoms with van der Waals surface area (Å²) in [4.78, 5) is 6.62. The molecule has 0 unspecified atom stereocenters. The van der Waals surface area contributed by atoms with E-state index in [-0.39, 0.29) is 0 Å². The van der Waals surface area contributed by atoms with Gasteiger partial charge in [0.25, 0.3) is 0 Å². The van der Waals surface area contributed by atoms with Crippen molar-refractivity contribution in [2.45, 2.75) is 0 Å². The SMILES string of the molecule is CN(C)CCNc1nc2ccc(Cl)cc2s1. The Bertz CT molecular complexity index is 481. The van der Waals surface area contributed by atoms with Gasteiger partial charge in [0.05, 0.1) is 10.2 Å². The van der Waals surface area contributed by atoms with E-state index < -0.39 is 0 Å². The summed E-state index contributed by atoms with van der Waals surface area (Å²) < 4.78 is 1.12. The van der Waals surface area contributed by atoms with Crippen molar-refractivity contribution in [3.8, 4) is 0 Å². The maximum absolute atomic E-state index is 5.93. The fourth-order valence-corrected chi connectivity index (χ4v) is 2.53. The Balaban J connectivity index is 2.08. The minimum atomic E-state index is 0.760. The molecule has 0 radical (unpaired) electrons. The first-order valence-electron chi connectivity index (χ1n) is 5.10. The van der Waals surface area contributed by atoms with Crippen molar-refractivity contribution in [3.63, 3.8) is 0 Å². The number of thiazole rings is 1. The van der Waals surface area contributed by atoms with E-state index in [1.165, 1.54) is 0 Å². The lowest BCUT2D eigenvalue weighted by atomic mass is 10.3. The van der Waals surface area contributed by atoms with Crippen molar-refractivity contribution in [2.75, 3.05) is 32.5 Å². The van der Waals surface area contributed by atoms with Crippen LogP contribution in [0.1, 0.15) is 0 Å². The molecule has 16 heavy (non-hydrogen) atoms. The molecule has 0 spiro atoms. The van der Waals surface area contributed by atoms with Crippen molar-refractivity contribution in [3.05, 3.63) is 23.2 Å². The van der Waals surface area contributed by atoms with Gasteiger partial charge in [-0.05, 0) is 32.3 Å². The molecule has 2 aromatic rings. The molecule has 1 heterocycles. The van der Waals surface area contributed by atoms with E-state index in [1.54, 1.807) is 11.3 Å². The minimum absolute atomic E-state index is 0.760. The number of hydrogen-bond acceptors (Lipinski definition) is 4. The second-order valence-corrected chi connectivity index (χ2v) is 5.33. The van der Waals surface area contributed by atoms with E-state index in [4.69, 9.17) is 11.6 Å². The van der Waals surface area contributed by atoms with Gasteiger partial charge in [-0.3, -0.25) is 0 Å². The number of likely N-dealkylation sites (N-methyl/N-ethyl adjacent to an activating group) is 1. The number of halogens is 1. The summed E-state index contributed by atoms with van der Waals surface area (Å²) in [6.07, 6.45) is 0. The van der Waals surface area contributed by atoms with Crippen LogP contribution in [0.5, 0.6) is 0 Å². The molecule has 1 aromatic carbocycles. The summed E-state index contributed by atoms with van der Waals surface area (Å²) >= 11 is 7.56. The van der Waals surface area contributed by atoms with Crippen LogP contribution in [0.25, 0.3) is 10.2 Å². The molecule has 0 saturated heterocycles. The molecule has 2 rings (SSSR count). The summed E-state index contributed by atoms with van der Waals surface area (Å²) in [5, 5.41) is 5.03. The van der Waals surface area contributed by atoms with Crippen LogP contribution >= 0.6 is 22.9 Å². The maximum Gasteiger partial charge on any atom is 0.183 e. The van der Waals surface area contributed by atoms with Crippen molar-refractivity contribution in [1.29, 1.82) is 0 Å². The predicted molar refractivity (Wildman–Crippen MR) is 71.7 cm³/mol. The van der Waals surface area contributed by atoms with Gasteiger partial charge in [0.1, 0.15) is 0 Å². The number of nitrogens with zero attached hydrogens (tertiary/aromatic N) is 2. The van der Waals surface area contributed by atoms with E-state index in [1.807, 2.05) is 18.2 Å². The molecule has 0 atom stereocenters. The first-order valence-corrected chi connectivity index (χ1v) is 6.29. The zero-order valence-electron chi connectivity index (χ0n) is 9.33. The third kappa shape index (κ3) is 2.84. The molecule has 0 amide bonds. The maximum atomic E-state index is 5.93. The zero-order valence-corrected chi connectivity index (χ0v) is 10.9. The lowest BCUT2D eigenvalue weighted by Crippen LogP contribution is -2.20. The van der Waals surface area contributed by atoms with Gasteiger partial charge in [-0.25, -0.2) is 4.98 Å². The Morgan fingerprint density at radius 3 is 3.00 bits per heavy atom. The summed E-state index contributed by atoms with van der Waals surface area (Å²) in [6, 6.07) is 5.77. The molecule has 1 N–H and O–H groups in total. The first kappa shape index (κ1) is 11.6. The van der Waals surface area contributed by atoms with Crippen LogP contribution in [-0.4, -0.2) is 37.1 Å². The Kier molecular flexibility index (Phi) is 3.63. The van der Waals surface area contributed by atoms with Gasteiger partial charge in [-0.2, -0.15) is 0 Å². The highest BCUT2D eigenvalue weighted by molar-refractivity contribution is 7.22. The van der Waals surface area contributed by atoms with Crippen molar-refractivity contribution < 1.29 is 0 Å². The monoisotopic (exact) mass is 255 g/mol. The van der Waals surface area contributed by atoms with Crippen molar-refractivity contribution in [2.24, 2.45) is 0 Å². The van der Waals surface area contributed by atoms with Gasteiger partial charge < -0.3 is 10.2 Å². The van der Waals surface area contributed by atoms with Gasteiger partial charge in [0.2, 0.25) is 0 Å². The number of hydrogen-bond donors (Lipinski definition) is 1. The Morgan fingerprint density at radius 2 is 2.25 bits per heavy atom. The number of rotatable bonds is 4. The van der Waals surface area contributed by atoms with Crippen LogP contribution in [0.4, 0.5) is 5.13 Å². The van der Waals surface area contributed by atoms with E-state index in [9.17, 15) is 0 Å². The fraction of sp³-hybridized carbons (Fsp3) is 0.364. The molecule has 0 saturated carbocycles. The molecule has 3 nitrogen and oxygen atoms in total. The van der Waals surface area contributed by atoms with Crippen molar-refractivity contribution >= 4 is 38.3 Å². The molecule has 0 bridgehead atoms. The summed E-state index contributed by atoms with van der Waals surface area (Å²) in [7, 11) is 4.11. The highest BCUT2D eigenvalue weighted by Gasteiger charge is 2.03. The van der Waals surface area contributed by atoms with E-state index in [2.05, 4.69) is 29.3 Å². The lowest BCUT2D eigenvalue weighted by Gasteiger charge is -2.08. The van der Waals surface area contributed by atoms with Crippen LogP contribution in [-0.2, 0) is 0 Å². The normalized spacial score (nSPS) is 11.2. The topological polar surface area (TPSA) is 28.2 Å². The molecule has 0 aliphatic carbocycles. The van der Waals surface area contributed by atoms with Crippen LogP contribution in [0.15, 0.2) is 18.2 Å². The van der Waals surface area contributed by atoms with E-state index >= 15 is 0 Å². The Hall–Kier alpha value is -0.840. The van der Waals surface area contributed by atoms with Gasteiger partial charge in [-0.1, -0.05) is 22.9 Å². The number of benzene rings is 1. The number of nitrogens with one attached hydrogen (secondary N) is 1. The third-order valence-electron chi connectivity index (χ3n) is 2.19. The highest BCUT2D eigenvalue weighted by Crippen LogP contribution is 2.27. The second kappa shape index (κ2) is 4.99. The van der Waals surface area contributed by atoms with Crippen LogP contribution in [0.3, 0.4) is 0 Å². The van der Waals surface area contributed by atoms with Crippen LogP contribution in [0.2, 0.25) is 5.02 Å². The predicted octanol–water partition coefficient (Wildman–Crippen LogP) is 2.92. The van der Waals surface area contributed by atoms with Crippen LogP contribution in [0, 0.1) is 0 Å². The molecular weight excluding hydrogens is 242 g/mol. The molecule has 0 aliphatic heterocycles. The molecule has 5 heteroatoms. The molecule has 0 fully saturated rings. The molecule has 0 aliphatic rings. The standard InChI is InChI=1S/C11H14ClN3S/c1-15(2)6-5-13-11-14-9-4-3-8(12)7-10(9)16-11/h3-4,7H,5-6H2,1-2H3,(H,13,14). The fourth-order valence-electron chi connectivity index (χ4n) is 1.36. The summed E-state index contributed by atoms with van der Waals surface area (Å²) in [5.41, 5.74) is 1.00. The summed E-state index contributed by atoms with van der Waals surface area (Å²) in [5.74, 6) is 0. The molecular formula is C11H14ClN3S. The van der Waals surface area contributed by atoms with Crippen molar-refractivity contribution in [1.82, 2.24) is 9.88 Å². The number of aromatic nitrogens is 1. The van der Waals surface area contributed by atoms with Gasteiger partial charge in [0.15, 0.2) is 5.13 Å². The van der Waals surface area contributed by atoms with E-state index in [0.29, 0.717) is 0 Å². The van der Waals surface area contributed by atoms with Gasteiger partial charge >= 0.3 is 0 Å². The lowest BCUT2D eigenvalue weighted by molar-refractivity contribution is 0.425. The number of anilines is 1.